The average molecular weight is 660 g/mol. The van der Waals surface area contributed by atoms with E-state index in [4.69, 9.17) is 0 Å². The molecule has 4 saturated heterocycles. The van der Waals surface area contributed by atoms with Crippen molar-refractivity contribution in [3.8, 4) is 0 Å². The largest absolute Gasteiger partial charge is 0.333 e. The average Bonchev–Trinajstić information content (AvgIpc) is 3.70. The number of urea groups is 1. The summed E-state index contributed by atoms with van der Waals surface area (Å²) in [7, 11) is -3.87. The van der Waals surface area contributed by atoms with Gasteiger partial charge in [-0.05, 0) is 114 Å². The van der Waals surface area contributed by atoms with E-state index in [9.17, 15) is 13.2 Å². The monoisotopic (exact) mass is 658 g/mol. The summed E-state index contributed by atoms with van der Waals surface area (Å²) in [6, 6.07) is 4.30. The molecule has 4 heterocycles. The number of nitrogens with zero attached hydrogens (tertiary/aromatic N) is 3. The van der Waals surface area contributed by atoms with Crippen LogP contribution in [0.3, 0.4) is 0 Å². The molecule has 4 aliphatic heterocycles. The van der Waals surface area contributed by atoms with Crippen LogP contribution in [0.1, 0.15) is 88.5 Å². The predicted octanol–water partition coefficient (Wildman–Crippen LogP) is 4.26. The molecule has 7 rings (SSSR count). The molecule has 4 atom stereocenters. The van der Waals surface area contributed by atoms with Gasteiger partial charge in [0.05, 0.1) is 0 Å². The Morgan fingerprint density at radius 1 is 0.791 bits per heavy atom. The van der Waals surface area contributed by atoms with E-state index < -0.39 is 16.2 Å². The van der Waals surface area contributed by atoms with Crippen LogP contribution in [0.15, 0.2) is 6.07 Å². The molecule has 2 amide bonds. The van der Waals surface area contributed by atoms with Gasteiger partial charge in [-0.15, -0.1) is 24.8 Å². The summed E-state index contributed by atoms with van der Waals surface area (Å²) >= 11 is 0. The molecule has 0 aromatic heterocycles. The zero-order valence-corrected chi connectivity index (χ0v) is 28.7. The number of piperazine rings is 2. The second kappa shape index (κ2) is 14.1. The van der Waals surface area contributed by atoms with Crippen molar-refractivity contribution in [3.05, 3.63) is 28.3 Å². The lowest BCUT2D eigenvalue weighted by molar-refractivity contribution is 0.102. The van der Waals surface area contributed by atoms with E-state index in [0.29, 0.717) is 6.04 Å². The van der Waals surface area contributed by atoms with Crippen molar-refractivity contribution in [1.82, 2.24) is 24.1 Å². The van der Waals surface area contributed by atoms with Crippen molar-refractivity contribution < 1.29 is 13.2 Å². The predicted molar refractivity (Wildman–Crippen MR) is 178 cm³/mol. The van der Waals surface area contributed by atoms with Crippen LogP contribution in [-0.4, -0.2) is 91.0 Å². The van der Waals surface area contributed by atoms with Crippen LogP contribution < -0.4 is 15.4 Å². The Hall–Kier alpha value is -1.14. The number of anilines is 1. The molecule has 6 aliphatic rings. The molecule has 3 N–H and O–H groups in total. The summed E-state index contributed by atoms with van der Waals surface area (Å²) in [5.74, 6) is 0. The number of carbonyl (C=O) groups excluding carboxylic acids is 1. The van der Waals surface area contributed by atoms with Crippen molar-refractivity contribution >= 4 is 46.7 Å². The number of hydrogen-bond donors (Lipinski definition) is 3. The Bertz CT molecular complexity index is 1200. The maximum absolute atomic E-state index is 13.1. The highest BCUT2D eigenvalue weighted by atomic mass is 35.5. The SMILES string of the molecule is CC(C)N1CC2CCC(C1)N2.CC(C)N1CC2CCC(C1)N2S(=O)(=O)NC(=O)Nc1c2c(cc3c1CCC3)CCC2.Cl.Cl. The summed E-state index contributed by atoms with van der Waals surface area (Å²) in [4.78, 5) is 17.8. The van der Waals surface area contributed by atoms with Gasteiger partial charge in [-0.3, -0.25) is 9.80 Å². The number of amides is 2. The first-order chi connectivity index (χ1) is 19.6. The van der Waals surface area contributed by atoms with Crippen LogP contribution in [0.25, 0.3) is 0 Å². The lowest BCUT2D eigenvalue weighted by Gasteiger charge is -2.41. The number of aryl methyl sites for hydroxylation is 2. The summed E-state index contributed by atoms with van der Waals surface area (Å²) in [6.45, 7) is 12.9. The van der Waals surface area contributed by atoms with Gasteiger partial charge in [0.25, 0.3) is 0 Å². The Morgan fingerprint density at radius 2 is 1.28 bits per heavy atom. The van der Waals surface area contributed by atoms with Gasteiger partial charge in [-0.1, -0.05) is 6.07 Å². The third kappa shape index (κ3) is 7.31. The minimum absolute atomic E-state index is 0. The fourth-order valence-corrected chi connectivity index (χ4v) is 9.76. The van der Waals surface area contributed by atoms with E-state index in [1.165, 1.54) is 48.2 Å². The van der Waals surface area contributed by atoms with E-state index >= 15 is 0 Å². The molecule has 4 unspecified atom stereocenters. The Kier molecular flexibility index (Phi) is 11.4. The normalized spacial score (nSPS) is 28.0. The molecule has 0 radical (unpaired) electrons. The highest BCUT2D eigenvalue weighted by Crippen LogP contribution is 2.39. The van der Waals surface area contributed by atoms with Crippen LogP contribution in [-0.2, 0) is 35.9 Å². The Morgan fingerprint density at radius 3 is 1.77 bits per heavy atom. The maximum Gasteiger partial charge on any atom is 0.333 e. The number of fused-ring (bicyclic) bond motifs is 6. The fraction of sp³-hybridized carbons (Fsp3) is 0.774. The van der Waals surface area contributed by atoms with Gasteiger partial charge in [0.2, 0.25) is 0 Å². The zero-order chi connectivity index (χ0) is 28.9. The quantitative estimate of drug-likeness (QED) is 0.438. The Balaban J connectivity index is 0.000000275. The maximum atomic E-state index is 13.1. The van der Waals surface area contributed by atoms with Gasteiger partial charge < -0.3 is 10.6 Å². The first-order valence-corrected chi connectivity index (χ1v) is 17.6. The van der Waals surface area contributed by atoms with Gasteiger partial charge in [0.15, 0.2) is 0 Å². The lowest BCUT2D eigenvalue weighted by Crippen LogP contribution is -2.60. The highest BCUT2D eigenvalue weighted by molar-refractivity contribution is 7.87. The topological polar surface area (TPSA) is 97.0 Å². The third-order valence-electron chi connectivity index (χ3n) is 10.4. The molecule has 1 aromatic rings. The number of benzene rings is 1. The van der Waals surface area contributed by atoms with Crippen molar-refractivity contribution in [2.75, 3.05) is 31.5 Å². The first kappa shape index (κ1) is 34.7. The van der Waals surface area contributed by atoms with Gasteiger partial charge in [0, 0.05) is 68.1 Å². The third-order valence-corrected chi connectivity index (χ3v) is 12.0. The van der Waals surface area contributed by atoms with Crippen LogP contribution >= 0.6 is 24.8 Å². The van der Waals surface area contributed by atoms with Crippen molar-refractivity contribution in [3.63, 3.8) is 0 Å². The number of hydrogen-bond acceptors (Lipinski definition) is 6. The van der Waals surface area contributed by atoms with Crippen LogP contribution in [0.4, 0.5) is 10.5 Å². The minimum atomic E-state index is -3.87. The first-order valence-electron chi connectivity index (χ1n) is 16.1. The van der Waals surface area contributed by atoms with Gasteiger partial charge in [0.1, 0.15) is 0 Å². The number of rotatable bonds is 5. The van der Waals surface area contributed by atoms with Gasteiger partial charge in [-0.25, -0.2) is 9.52 Å². The van der Waals surface area contributed by atoms with Crippen molar-refractivity contribution in [2.24, 2.45) is 0 Å². The molecule has 12 heteroatoms. The highest BCUT2D eigenvalue weighted by Gasteiger charge is 2.47. The smallest absolute Gasteiger partial charge is 0.309 e. The van der Waals surface area contributed by atoms with Crippen LogP contribution in [0.2, 0.25) is 0 Å². The summed E-state index contributed by atoms with van der Waals surface area (Å²) in [6.07, 6.45) is 10.7. The molecule has 0 spiro atoms. The van der Waals surface area contributed by atoms with E-state index in [-0.39, 0.29) is 36.9 Å². The standard InChI is InChI=1S/C22H32N4O3S.C9H18N2.2ClH/c1-14(2)25-12-17-9-10-18(13-25)26(17)30(28,29)24-22(27)23-21-19-7-3-5-15(19)11-16-6-4-8-20(16)21;1-7(2)11-5-8-3-4-9(6-11)10-8;;/h11,14,17-18H,3-10,12-13H2,1-2H3,(H2,23,24,27);7-10H,3-6H2,1-2H3;2*1H. The summed E-state index contributed by atoms with van der Waals surface area (Å²) in [5.41, 5.74) is 5.91. The Labute approximate surface area is 271 Å². The van der Waals surface area contributed by atoms with E-state index in [2.05, 4.69) is 58.9 Å². The summed E-state index contributed by atoms with van der Waals surface area (Å²) in [5, 5.41) is 6.58. The molecule has 4 bridgehead atoms. The molecular formula is C31H52Cl2N6O3S. The second-order valence-electron chi connectivity index (χ2n) is 13.7. The zero-order valence-electron chi connectivity index (χ0n) is 26.2. The van der Waals surface area contributed by atoms with E-state index in [1.807, 2.05) is 0 Å². The van der Waals surface area contributed by atoms with Crippen molar-refractivity contribution in [2.45, 2.75) is 128 Å². The van der Waals surface area contributed by atoms with Gasteiger partial charge >= 0.3 is 16.2 Å². The minimum Gasteiger partial charge on any atom is -0.309 e. The van der Waals surface area contributed by atoms with E-state index in [1.54, 1.807) is 4.31 Å². The fourth-order valence-electron chi connectivity index (χ4n) is 8.24. The van der Waals surface area contributed by atoms with Crippen molar-refractivity contribution in [1.29, 1.82) is 0 Å². The number of likely N-dealkylation sites (tertiary alicyclic amines) is 2. The molecule has 43 heavy (non-hydrogen) atoms. The molecule has 4 fully saturated rings. The van der Waals surface area contributed by atoms with E-state index in [0.717, 1.165) is 88.3 Å². The summed E-state index contributed by atoms with van der Waals surface area (Å²) < 4.78 is 30.1. The molecule has 9 nitrogen and oxygen atoms in total. The molecule has 1 aromatic carbocycles. The molecule has 2 aliphatic carbocycles. The number of carbonyl (C=O) groups is 1. The number of halogens is 2. The van der Waals surface area contributed by atoms with Crippen LogP contribution in [0.5, 0.6) is 0 Å². The molecule has 0 saturated carbocycles. The van der Waals surface area contributed by atoms with Crippen LogP contribution in [0, 0.1) is 0 Å². The van der Waals surface area contributed by atoms with Gasteiger partial charge in [-0.2, -0.15) is 12.7 Å². The lowest BCUT2D eigenvalue weighted by atomic mass is 9.99. The number of nitrogens with one attached hydrogen (secondary N) is 3. The second-order valence-corrected chi connectivity index (χ2v) is 15.3. The molecule has 244 valence electrons. The molecular weight excluding hydrogens is 607 g/mol.